The van der Waals surface area contributed by atoms with E-state index in [9.17, 15) is 9.59 Å². The molecule has 0 aromatic heterocycles. The van der Waals surface area contributed by atoms with Crippen molar-refractivity contribution in [3.63, 3.8) is 0 Å². The average Bonchev–Trinajstić information content (AvgIpc) is 2.99. The molecule has 1 aromatic rings. The number of hydrogen-bond acceptors (Lipinski definition) is 3. The van der Waals surface area contributed by atoms with Gasteiger partial charge in [-0.2, -0.15) is 0 Å². The van der Waals surface area contributed by atoms with Crippen molar-refractivity contribution in [2.45, 2.75) is 38.5 Å². The largest absolute Gasteiger partial charge is 0.375 e. The molecule has 0 saturated heterocycles. The minimum absolute atomic E-state index is 0.0119. The molecule has 0 bridgehead atoms. The van der Waals surface area contributed by atoms with E-state index in [0.29, 0.717) is 23.7 Å². The summed E-state index contributed by atoms with van der Waals surface area (Å²) in [5.74, 6) is 0.532. The van der Waals surface area contributed by atoms with Crippen LogP contribution in [0.25, 0.3) is 0 Å². The maximum atomic E-state index is 12.0. The van der Waals surface area contributed by atoms with Crippen LogP contribution >= 0.6 is 0 Å². The Labute approximate surface area is 131 Å². The van der Waals surface area contributed by atoms with Crippen molar-refractivity contribution in [2.75, 3.05) is 24.4 Å². The van der Waals surface area contributed by atoms with Crippen molar-refractivity contribution in [1.29, 1.82) is 0 Å². The van der Waals surface area contributed by atoms with Crippen LogP contribution in [0.1, 0.15) is 38.5 Å². The highest BCUT2D eigenvalue weighted by molar-refractivity contribution is 5.94. The molecule has 5 heteroatoms. The molecular weight excluding hydrogens is 280 g/mol. The van der Waals surface area contributed by atoms with E-state index in [1.54, 1.807) is 18.2 Å². The molecule has 2 N–H and O–H groups in total. The van der Waals surface area contributed by atoms with Crippen LogP contribution < -0.4 is 10.6 Å². The summed E-state index contributed by atoms with van der Waals surface area (Å²) >= 11 is 0. The number of ether oxygens (including phenoxy) is 1. The third-order valence-corrected chi connectivity index (χ3v) is 3.96. The number of hydrogen-bond donors (Lipinski definition) is 2. The van der Waals surface area contributed by atoms with Gasteiger partial charge in [-0.05, 0) is 30.5 Å². The quantitative estimate of drug-likeness (QED) is 0.813. The number of benzene rings is 1. The van der Waals surface area contributed by atoms with Gasteiger partial charge in [-0.15, -0.1) is 0 Å². The fourth-order valence-electron chi connectivity index (χ4n) is 2.86. The summed E-state index contributed by atoms with van der Waals surface area (Å²) in [5.41, 5.74) is 1.35. The second-order valence-electron chi connectivity index (χ2n) is 5.80. The molecule has 0 spiro atoms. The van der Waals surface area contributed by atoms with E-state index in [1.165, 1.54) is 32.8 Å². The predicted octanol–water partition coefficient (Wildman–Crippen LogP) is 3.18. The summed E-state index contributed by atoms with van der Waals surface area (Å²) < 4.78 is 4.77. The van der Waals surface area contributed by atoms with Crippen molar-refractivity contribution in [3.05, 3.63) is 24.3 Å². The van der Waals surface area contributed by atoms with Crippen LogP contribution in [0.2, 0.25) is 0 Å². The van der Waals surface area contributed by atoms with Gasteiger partial charge in [0.15, 0.2) is 0 Å². The van der Waals surface area contributed by atoms with Crippen LogP contribution in [0.3, 0.4) is 0 Å². The average molecular weight is 304 g/mol. The molecule has 0 radical (unpaired) electrons. The minimum atomic E-state index is -0.216. The monoisotopic (exact) mass is 304 g/mol. The number of nitrogens with one attached hydrogen (secondary N) is 2. The summed E-state index contributed by atoms with van der Waals surface area (Å²) in [6.45, 7) is 0.0119. The van der Waals surface area contributed by atoms with Crippen molar-refractivity contribution in [2.24, 2.45) is 5.92 Å². The van der Waals surface area contributed by atoms with Crippen molar-refractivity contribution in [1.82, 2.24) is 0 Å². The Morgan fingerprint density at radius 3 is 2.41 bits per heavy atom. The summed E-state index contributed by atoms with van der Waals surface area (Å²) in [6.07, 6.45) is 6.65. The van der Waals surface area contributed by atoms with Gasteiger partial charge in [0.1, 0.15) is 6.61 Å². The SMILES string of the molecule is COCC(=O)Nc1cccc(NC(=O)CCC2CCCC2)c1. The van der Waals surface area contributed by atoms with Gasteiger partial charge in [-0.3, -0.25) is 9.59 Å². The first-order chi connectivity index (χ1) is 10.7. The lowest BCUT2D eigenvalue weighted by atomic mass is 10.0. The molecule has 0 unspecified atom stereocenters. The highest BCUT2D eigenvalue weighted by atomic mass is 16.5. The Morgan fingerprint density at radius 1 is 1.14 bits per heavy atom. The van der Waals surface area contributed by atoms with Crippen molar-refractivity contribution in [3.8, 4) is 0 Å². The normalized spacial score (nSPS) is 14.8. The molecule has 1 aliphatic rings. The number of carbonyl (C=O) groups excluding carboxylic acids is 2. The van der Waals surface area contributed by atoms with Crippen LogP contribution in [0.4, 0.5) is 11.4 Å². The molecule has 22 heavy (non-hydrogen) atoms. The molecule has 1 aromatic carbocycles. The molecular formula is C17H24N2O3. The number of rotatable bonds is 7. The van der Waals surface area contributed by atoms with Gasteiger partial charge >= 0.3 is 0 Å². The highest BCUT2D eigenvalue weighted by Crippen LogP contribution is 2.28. The zero-order chi connectivity index (χ0) is 15.8. The third-order valence-electron chi connectivity index (χ3n) is 3.96. The lowest BCUT2D eigenvalue weighted by molar-refractivity contribution is -0.119. The van der Waals surface area contributed by atoms with Crippen molar-refractivity contribution < 1.29 is 14.3 Å². The van der Waals surface area contributed by atoms with Gasteiger partial charge in [-0.1, -0.05) is 31.7 Å². The van der Waals surface area contributed by atoms with E-state index < -0.39 is 0 Å². The lowest BCUT2D eigenvalue weighted by Crippen LogP contribution is -2.17. The second-order valence-corrected chi connectivity index (χ2v) is 5.80. The molecule has 0 atom stereocenters. The van der Waals surface area contributed by atoms with Gasteiger partial charge in [-0.25, -0.2) is 0 Å². The first kappa shape index (κ1) is 16.5. The zero-order valence-corrected chi connectivity index (χ0v) is 13.1. The Kier molecular flexibility index (Phi) is 6.40. The van der Waals surface area contributed by atoms with Gasteiger partial charge in [0.2, 0.25) is 11.8 Å². The van der Waals surface area contributed by atoms with E-state index >= 15 is 0 Å². The fourth-order valence-corrected chi connectivity index (χ4v) is 2.86. The fraction of sp³-hybridized carbons (Fsp3) is 0.529. The van der Waals surface area contributed by atoms with Crippen LogP contribution in [-0.2, 0) is 14.3 Å². The Balaban J connectivity index is 1.81. The van der Waals surface area contributed by atoms with E-state index in [1.807, 2.05) is 6.07 Å². The van der Waals surface area contributed by atoms with Crippen LogP contribution in [0, 0.1) is 5.92 Å². The summed E-state index contributed by atoms with van der Waals surface area (Å²) in [7, 11) is 1.47. The maximum Gasteiger partial charge on any atom is 0.250 e. The molecule has 1 aliphatic carbocycles. The van der Waals surface area contributed by atoms with Crippen molar-refractivity contribution >= 4 is 23.2 Å². The molecule has 1 saturated carbocycles. The predicted molar refractivity (Wildman–Crippen MR) is 86.8 cm³/mol. The standard InChI is InChI=1S/C17H24N2O3/c1-22-12-17(21)19-15-8-4-7-14(11-15)18-16(20)10-9-13-5-2-3-6-13/h4,7-8,11,13H,2-3,5-6,9-10,12H2,1H3,(H,18,20)(H,19,21). The molecule has 0 heterocycles. The Hall–Kier alpha value is -1.88. The van der Waals surface area contributed by atoms with E-state index in [-0.39, 0.29) is 18.4 Å². The topological polar surface area (TPSA) is 67.4 Å². The van der Waals surface area contributed by atoms with Gasteiger partial charge < -0.3 is 15.4 Å². The molecule has 1 fully saturated rings. The Morgan fingerprint density at radius 2 is 1.77 bits per heavy atom. The molecule has 5 nitrogen and oxygen atoms in total. The summed E-state index contributed by atoms with van der Waals surface area (Å²) in [5, 5.41) is 5.61. The van der Waals surface area contributed by atoms with Crippen LogP contribution in [-0.4, -0.2) is 25.5 Å². The summed E-state index contributed by atoms with van der Waals surface area (Å²) in [4.78, 5) is 23.5. The number of carbonyl (C=O) groups is 2. The molecule has 120 valence electrons. The highest BCUT2D eigenvalue weighted by Gasteiger charge is 2.16. The van der Waals surface area contributed by atoms with Crippen LogP contribution in [0.15, 0.2) is 24.3 Å². The van der Waals surface area contributed by atoms with Crippen LogP contribution in [0.5, 0.6) is 0 Å². The first-order valence-electron chi connectivity index (χ1n) is 7.86. The number of methoxy groups -OCH3 is 1. The van der Waals surface area contributed by atoms with E-state index in [4.69, 9.17) is 4.74 Å². The molecule has 0 aliphatic heterocycles. The van der Waals surface area contributed by atoms with Gasteiger partial charge in [0.25, 0.3) is 0 Å². The first-order valence-corrected chi connectivity index (χ1v) is 7.86. The minimum Gasteiger partial charge on any atom is -0.375 e. The second kappa shape index (κ2) is 8.54. The number of amides is 2. The lowest BCUT2D eigenvalue weighted by Gasteiger charge is -2.10. The Bertz CT molecular complexity index is 510. The van der Waals surface area contributed by atoms with Gasteiger partial charge in [0.05, 0.1) is 0 Å². The van der Waals surface area contributed by atoms with E-state index in [2.05, 4.69) is 10.6 Å². The summed E-state index contributed by atoms with van der Waals surface area (Å²) in [6, 6.07) is 7.15. The third kappa shape index (κ3) is 5.48. The van der Waals surface area contributed by atoms with Gasteiger partial charge in [0, 0.05) is 24.9 Å². The number of anilines is 2. The maximum absolute atomic E-state index is 12.0. The smallest absolute Gasteiger partial charge is 0.250 e. The van der Waals surface area contributed by atoms with E-state index in [0.717, 1.165) is 6.42 Å². The molecule has 2 amide bonds. The molecule has 2 rings (SSSR count). The zero-order valence-electron chi connectivity index (χ0n) is 13.1.